The zero-order valence-corrected chi connectivity index (χ0v) is 10.1. The summed E-state index contributed by atoms with van der Waals surface area (Å²) in [5, 5.41) is 23.3. The molecule has 94 valence electrons. The summed E-state index contributed by atoms with van der Waals surface area (Å²) in [5.74, 6) is 0.479. The summed E-state index contributed by atoms with van der Waals surface area (Å²) in [6, 6.07) is 5.38. The third kappa shape index (κ3) is 1.86. The molecule has 2 rings (SSSR count). The predicted molar refractivity (Wildman–Crippen MR) is 66.8 cm³/mol. The molecule has 7 heteroatoms. The lowest BCUT2D eigenvalue weighted by atomic mass is 10.2. The predicted octanol–water partition coefficient (Wildman–Crippen LogP) is 0.0500. The van der Waals surface area contributed by atoms with Crippen LogP contribution >= 0.6 is 0 Å². The Labute approximate surface area is 103 Å². The van der Waals surface area contributed by atoms with E-state index in [4.69, 9.17) is 15.9 Å². The van der Waals surface area contributed by atoms with Gasteiger partial charge in [0.2, 0.25) is 5.88 Å². The first-order valence-electron chi connectivity index (χ1n) is 5.19. The van der Waals surface area contributed by atoms with Crippen LogP contribution in [0.5, 0.6) is 11.6 Å². The summed E-state index contributed by atoms with van der Waals surface area (Å²) >= 11 is 0. The molecule has 1 aromatic carbocycles. The van der Waals surface area contributed by atoms with E-state index in [1.54, 1.807) is 30.9 Å². The van der Waals surface area contributed by atoms with Gasteiger partial charge in [-0.3, -0.25) is 11.1 Å². The summed E-state index contributed by atoms with van der Waals surface area (Å²) in [6.45, 7) is 0. The molecule has 0 spiro atoms. The van der Waals surface area contributed by atoms with Crippen molar-refractivity contribution in [2.75, 3.05) is 7.11 Å². The maximum Gasteiger partial charge on any atom is 0.403 e. The van der Waals surface area contributed by atoms with Gasteiger partial charge in [-0.15, -0.1) is 0 Å². The number of guanidine groups is 1. The largest absolute Gasteiger partial charge is 0.497 e. The Kier molecular flexibility index (Phi) is 2.88. The SMILES string of the molecule is COc1ccc2c(c1)c(N=NC(N)=[NH2+])c(O)n2C. The molecule has 7 nitrogen and oxygen atoms in total. The Morgan fingerprint density at radius 3 is 2.83 bits per heavy atom. The number of nitrogens with two attached hydrogens (primary N) is 2. The topological polar surface area (TPSA) is 111 Å². The van der Waals surface area contributed by atoms with Gasteiger partial charge in [0.25, 0.3) is 0 Å². The van der Waals surface area contributed by atoms with E-state index in [2.05, 4.69) is 10.2 Å². The first kappa shape index (κ1) is 11.9. The zero-order valence-electron chi connectivity index (χ0n) is 10.1. The summed E-state index contributed by atoms with van der Waals surface area (Å²) in [4.78, 5) is 0. The second kappa shape index (κ2) is 4.36. The fourth-order valence-corrected chi connectivity index (χ4v) is 1.72. The maximum absolute atomic E-state index is 9.98. The first-order chi connectivity index (χ1) is 8.54. The minimum Gasteiger partial charge on any atom is -0.497 e. The van der Waals surface area contributed by atoms with Crippen LogP contribution in [0.2, 0.25) is 0 Å². The molecule has 0 saturated carbocycles. The highest BCUT2D eigenvalue weighted by Gasteiger charge is 2.16. The van der Waals surface area contributed by atoms with Crippen molar-refractivity contribution in [2.24, 2.45) is 23.0 Å². The van der Waals surface area contributed by atoms with E-state index in [-0.39, 0.29) is 11.8 Å². The number of azo groups is 1. The van der Waals surface area contributed by atoms with Crippen LogP contribution in [-0.2, 0) is 7.05 Å². The average Bonchev–Trinajstić information content (AvgIpc) is 2.59. The number of aromatic hydroxyl groups is 1. The number of hydrogen-bond donors (Lipinski definition) is 3. The molecule has 0 aliphatic heterocycles. The number of methoxy groups -OCH3 is 1. The van der Waals surface area contributed by atoms with Gasteiger partial charge in [-0.05, 0) is 18.2 Å². The van der Waals surface area contributed by atoms with E-state index in [0.29, 0.717) is 16.8 Å². The highest BCUT2D eigenvalue weighted by atomic mass is 16.5. The molecule has 0 radical (unpaired) electrons. The van der Waals surface area contributed by atoms with Gasteiger partial charge in [-0.25, -0.2) is 0 Å². The van der Waals surface area contributed by atoms with Crippen molar-refractivity contribution in [3.8, 4) is 11.6 Å². The standard InChI is InChI=1S/C11H13N5O2/c1-16-8-4-3-6(18-2)5-7(8)9(10(16)17)14-15-11(12)13/h3-5,17H,1-2H3,(H3,12,13)/p+1. The van der Waals surface area contributed by atoms with E-state index in [1.807, 2.05) is 6.07 Å². The van der Waals surface area contributed by atoms with Crippen LogP contribution in [-0.4, -0.2) is 22.7 Å². The number of rotatable bonds is 2. The Bertz CT molecular complexity index is 644. The number of ether oxygens (including phenoxy) is 1. The number of nitrogens with zero attached hydrogens (tertiary/aromatic N) is 3. The Morgan fingerprint density at radius 1 is 1.50 bits per heavy atom. The third-order valence-corrected chi connectivity index (χ3v) is 2.62. The Hall–Kier alpha value is -2.57. The zero-order chi connectivity index (χ0) is 13.3. The first-order valence-corrected chi connectivity index (χ1v) is 5.19. The monoisotopic (exact) mass is 248 g/mol. The number of benzene rings is 1. The van der Waals surface area contributed by atoms with Crippen LogP contribution in [0.4, 0.5) is 5.69 Å². The third-order valence-electron chi connectivity index (χ3n) is 2.62. The molecule has 0 amide bonds. The minimum atomic E-state index is -0.172. The second-order valence-corrected chi connectivity index (χ2v) is 3.74. The molecule has 0 aliphatic rings. The molecule has 1 aromatic heterocycles. The smallest absolute Gasteiger partial charge is 0.403 e. The van der Waals surface area contributed by atoms with Gasteiger partial charge < -0.3 is 14.4 Å². The lowest BCUT2D eigenvalue weighted by Crippen LogP contribution is -2.43. The van der Waals surface area contributed by atoms with Crippen LogP contribution in [0, 0.1) is 0 Å². The van der Waals surface area contributed by atoms with E-state index < -0.39 is 0 Å². The molecule has 0 bridgehead atoms. The van der Waals surface area contributed by atoms with Crippen molar-refractivity contribution in [1.29, 1.82) is 0 Å². The molecule has 2 aromatic rings. The number of aromatic nitrogens is 1. The fourth-order valence-electron chi connectivity index (χ4n) is 1.72. The van der Waals surface area contributed by atoms with Gasteiger partial charge in [0, 0.05) is 17.5 Å². The van der Waals surface area contributed by atoms with Gasteiger partial charge in [-0.2, -0.15) is 0 Å². The van der Waals surface area contributed by atoms with E-state index in [1.165, 1.54) is 0 Å². The molecule has 0 aliphatic carbocycles. The van der Waals surface area contributed by atoms with Crippen molar-refractivity contribution in [3.63, 3.8) is 0 Å². The fraction of sp³-hybridized carbons (Fsp3) is 0.182. The molecule has 0 unspecified atom stereocenters. The van der Waals surface area contributed by atoms with E-state index in [0.717, 1.165) is 5.52 Å². The molecule has 0 saturated heterocycles. The molecule has 5 N–H and O–H groups in total. The van der Waals surface area contributed by atoms with Gasteiger partial charge in [0.1, 0.15) is 5.75 Å². The van der Waals surface area contributed by atoms with Crippen LogP contribution in [0.25, 0.3) is 10.9 Å². The summed E-state index contributed by atoms with van der Waals surface area (Å²) < 4.78 is 6.73. The number of fused-ring (bicyclic) bond motifs is 1. The highest BCUT2D eigenvalue weighted by Crippen LogP contribution is 2.39. The van der Waals surface area contributed by atoms with Crippen molar-refractivity contribution in [1.82, 2.24) is 4.57 Å². The van der Waals surface area contributed by atoms with Crippen molar-refractivity contribution in [2.45, 2.75) is 0 Å². The maximum atomic E-state index is 9.98. The van der Waals surface area contributed by atoms with Gasteiger partial charge in [-0.1, -0.05) is 5.11 Å². The quantitative estimate of drug-likeness (QED) is 0.396. The normalized spacial score (nSPS) is 11.2. The number of aryl methyl sites for hydroxylation is 1. The molecule has 18 heavy (non-hydrogen) atoms. The Balaban J connectivity index is 2.70. The average molecular weight is 248 g/mol. The van der Waals surface area contributed by atoms with E-state index >= 15 is 0 Å². The molecule has 0 fully saturated rings. The van der Waals surface area contributed by atoms with Gasteiger partial charge in [0.15, 0.2) is 5.69 Å². The Morgan fingerprint density at radius 2 is 2.22 bits per heavy atom. The summed E-state index contributed by atoms with van der Waals surface area (Å²) in [6.07, 6.45) is 0. The lowest BCUT2D eigenvalue weighted by molar-refractivity contribution is -0.117. The highest BCUT2D eigenvalue weighted by molar-refractivity contribution is 5.96. The van der Waals surface area contributed by atoms with Gasteiger partial charge >= 0.3 is 5.96 Å². The summed E-state index contributed by atoms with van der Waals surface area (Å²) in [5.41, 5.74) is 6.33. The minimum absolute atomic E-state index is 0.0109. The van der Waals surface area contributed by atoms with Gasteiger partial charge in [0.05, 0.1) is 12.6 Å². The van der Waals surface area contributed by atoms with Crippen LogP contribution in [0.1, 0.15) is 0 Å². The lowest BCUT2D eigenvalue weighted by Gasteiger charge is -1.99. The van der Waals surface area contributed by atoms with Crippen LogP contribution in [0.15, 0.2) is 28.4 Å². The van der Waals surface area contributed by atoms with Crippen molar-refractivity contribution >= 4 is 22.5 Å². The van der Waals surface area contributed by atoms with Crippen LogP contribution in [0.3, 0.4) is 0 Å². The van der Waals surface area contributed by atoms with E-state index in [9.17, 15) is 5.11 Å². The molecular weight excluding hydrogens is 234 g/mol. The summed E-state index contributed by atoms with van der Waals surface area (Å²) in [7, 11) is 3.29. The molecular formula is C11H14N5O2+. The molecule has 1 heterocycles. The van der Waals surface area contributed by atoms with Crippen molar-refractivity contribution in [3.05, 3.63) is 18.2 Å². The van der Waals surface area contributed by atoms with Crippen LogP contribution < -0.4 is 15.9 Å². The number of hydrogen-bond acceptors (Lipinski definition) is 3. The molecule has 0 atom stereocenters. The van der Waals surface area contributed by atoms with Crippen molar-refractivity contribution < 1.29 is 15.3 Å². The second-order valence-electron chi connectivity index (χ2n) is 3.74.